The van der Waals surface area contributed by atoms with Gasteiger partial charge >= 0.3 is 0 Å². The molecule has 0 radical (unpaired) electrons. The van der Waals surface area contributed by atoms with Gasteiger partial charge in [-0.25, -0.2) is 0 Å². The van der Waals surface area contributed by atoms with Gasteiger partial charge in [0.2, 0.25) is 0 Å². The van der Waals surface area contributed by atoms with Crippen molar-refractivity contribution in [3.8, 4) is 22.3 Å². The van der Waals surface area contributed by atoms with Crippen LogP contribution in [0, 0.1) is 12.1 Å². The maximum Gasteiger partial charge on any atom is 0.101 e. The zero-order valence-corrected chi connectivity index (χ0v) is 34.4. The first-order chi connectivity index (χ1) is 28.1. The molecule has 0 saturated carbocycles. The van der Waals surface area contributed by atoms with Crippen LogP contribution in [-0.2, 0) is 0 Å². The minimum Gasteiger partial charge on any atom is -0.294 e. The zero-order valence-electron chi connectivity index (χ0n) is 32.7. The van der Waals surface area contributed by atoms with Gasteiger partial charge in [-0.1, -0.05) is 145 Å². The molecule has 0 amide bonds. The molecule has 2 nitrogen and oxygen atoms in total. The summed E-state index contributed by atoms with van der Waals surface area (Å²) >= 11 is 3.46. The monoisotopic (exact) mass is 776 g/mol. The first kappa shape index (κ1) is 39.1. The Labute approximate surface area is 347 Å². The number of rotatable bonds is 8. The van der Waals surface area contributed by atoms with Crippen LogP contribution in [0.4, 0.5) is 32.8 Å². The summed E-state index contributed by atoms with van der Waals surface area (Å²) in [6, 6.07) is 57.8. The number of benzene rings is 4. The van der Waals surface area contributed by atoms with E-state index in [-0.39, 0.29) is 0 Å². The second-order valence-electron chi connectivity index (χ2n) is 14.1. The van der Waals surface area contributed by atoms with E-state index >= 15 is 0 Å². The van der Waals surface area contributed by atoms with Crippen LogP contribution in [0.2, 0.25) is 0 Å². The van der Waals surface area contributed by atoms with Crippen LogP contribution in [0.5, 0.6) is 0 Å². The number of nitrogens with zero attached hydrogens (tertiary/aromatic N) is 2. The second-order valence-corrected chi connectivity index (χ2v) is 15.8. The van der Waals surface area contributed by atoms with Crippen molar-refractivity contribution in [3.63, 3.8) is 0 Å². The normalized spacial score (nSPS) is 13.0. The van der Waals surface area contributed by atoms with E-state index in [9.17, 15) is 0 Å². The standard InChI is InChI=1S/C38H26N2S2.C8H12.C7H10/c1-5-13-29(14-6-1)31-25-37(41-27-31)39(33-17-9-3-10-18-33)35-21-23-36(24-22-35)40(34-19-11-4-12-20-34)38-26-32(28-42-38)30-15-7-2-8-16-30;1-8-6-4-2-3-5-7-8;1-7-5-3-2-4-6-7/h1-21,23,25-28H;2-3,6H,4-5,7H2,1H3;2-3,5H,4,6H2,1H3. The highest BCUT2D eigenvalue weighted by molar-refractivity contribution is 7.15. The Morgan fingerprint density at radius 3 is 1.35 bits per heavy atom. The van der Waals surface area contributed by atoms with Gasteiger partial charge in [0.05, 0.1) is 11.4 Å². The number of hydrogen-bond acceptors (Lipinski definition) is 4. The van der Waals surface area contributed by atoms with E-state index in [0.29, 0.717) is 0 Å². The molecule has 2 heterocycles. The van der Waals surface area contributed by atoms with E-state index in [1.807, 2.05) is 12.1 Å². The van der Waals surface area contributed by atoms with E-state index < -0.39 is 0 Å². The van der Waals surface area contributed by atoms with Crippen molar-refractivity contribution >= 4 is 55.4 Å². The topological polar surface area (TPSA) is 6.48 Å². The van der Waals surface area contributed by atoms with Gasteiger partial charge in [-0.3, -0.25) is 9.80 Å². The lowest BCUT2D eigenvalue weighted by atomic mass is 10.1. The van der Waals surface area contributed by atoms with Gasteiger partial charge < -0.3 is 0 Å². The first-order valence-electron chi connectivity index (χ1n) is 19.7. The fourth-order valence-electron chi connectivity index (χ4n) is 6.62. The molecule has 5 aromatic carbocycles. The Bertz CT molecular complexity index is 2240. The van der Waals surface area contributed by atoms with Crippen LogP contribution in [-0.4, -0.2) is 0 Å². The number of para-hydroxylation sites is 2. The third-order valence-corrected chi connectivity index (χ3v) is 11.6. The highest BCUT2D eigenvalue weighted by Crippen LogP contribution is 2.43. The van der Waals surface area contributed by atoms with Crippen molar-refractivity contribution in [3.05, 3.63) is 216 Å². The Balaban J connectivity index is 0.000000276. The predicted octanol–water partition coefficient (Wildman–Crippen LogP) is 16.6. The first-order valence-corrected chi connectivity index (χ1v) is 21.4. The molecule has 2 aromatic heterocycles. The number of hydrogen-bond donors (Lipinski definition) is 0. The molecule has 2 aliphatic rings. The van der Waals surface area contributed by atoms with Crippen LogP contribution in [0.3, 0.4) is 0 Å². The molecule has 0 atom stereocenters. The molecule has 2 aliphatic carbocycles. The van der Waals surface area contributed by atoms with Crippen molar-refractivity contribution in [2.45, 2.75) is 46.0 Å². The lowest BCUT2D eigenvalue weighted by Gasteiger charge is -2.24. The summed E-state index contributed by atoms with van der Waals surface area (Å²) in [5, 5.41) is 6.69. The van der Waals surface area contributed by atoms with Gasteiger partial charge in [-0.15, -0.1) is 22.7 Å². The molecule has 0 spiro atoms. The highest BCUT2D eigenvalue weighted by atomic mass is 32.1. The number of thiophene rings is 2. The Kier molecular flexibility index (Phi) is 13.8. The summed E-state index contributed by atoms with van der Waals surface area (Å²) in [7, 11) is 0. The summed E-state index contributed by atoms with van der Waals surface area (Å²) in [6.45, 7) is 4.37. The summed E-state index contributed by atoms with van der Waals surface area (Å²) in [5.74, 6) is 0. The Hall–Kier alpha value is -6.12. The fraction of sp³-hybridized carbons (Fsp3) is 0.132. The van der Waals surface area contributed by atoms with E-state index in [4.69, 9.17) is 0 Å². The van der Waals surface area contributed by atoms with E-state index in [0.717, 1.165) is 39.2 Å². The van der Waals surface area contributed by atoms with Crippen molar-refractivity contribution in [2.24, 2.45) is 0 Å². The van der Waals surface area contributed by atoms with Crippen molar-refractivity contribution in [1.29, 1.82) is 0 Å². The van der Waals surface area contributed by atoms with E-state index in [1.54, 1.807) is 22.7 Å². The number of anilines is 6. The summed E-state index contributed by atoms with van der Waals surface area (Å²) in [5.41, 5.74) is 11.9. The molecule has 0 saturated heterocycles. The predicted molar refractivity (Wildman–Crippen MR) is 249 cm³/mol. The zero-order chi connectivity index (χ0) is 39.1. The molecule has 4 heteroatoms. The highest BCUT2D eigenvalue weighted by Gasteiger charge is 2.18. The third kappa shape index (κ3) is 10.8. The lowest BCUT2D eigenvalue weighted by Crippen LogP contribution is -2.10. The van der Waals surface area contributed by atoms with Gasteiger partial charge in [0.1, 0.15) is 10.0 Å². The van der Waals surface area contributed by atoms with Crippen LogP contribution in [0.25, 0.3) is 22.3 Å². The molecular formula is C53H48N2S2. The number of allylic oxidation sites excluding steroid dienone is 8. The average molecular weight is 777 g/mol. The van der Waals surface area contributed by atoms with Crippen molar-refractivity contribution < 1.29 is 0 Å². The molecule has 0 aliphatic heterocycles. The maximum atomic E-state index is 3.51. The van der Waals surface area contributed by atoms with Gasteiger partial charge in [0.15, 0.2) is 0 Å². The van der Waals surface area contributed by atoms with Crippen LogP contribution in [0.1, 0.15) is 46.0 Å². The fourth-order valence-corrected chi connectivity index (χ4v) is 8.53. The van der Waals surface area contributed by atoms with Crippen molar-refractivity contribution in [2.75, 3.05) is 9.80 Å². The third-order valence-electron chi connectivity index (χ3n) is 9.75. The minimum absolute atomic E-state index is 0.940. The van der Waals surface area contributed by atoms with E-state index in [2.05, 4.69) is 216 Å². The molecule has 0 N–H and O–H groups in total. The molecular weight excluding hydrogens is 729 g/mol. The van der Waals surface area contributed by atoms with Crippen LogP contribution >= 0.6 is 22.7 Å². The lowest BCUT2D eigenvalue weighted by molar-refractivity contribution is 0.962. The van der Waals surface area contributed by atoms with Gasteiger partial charge in [0, 0.05) is 22.1 Å². The summed E-state index contributed by atoms with van der Waals surface area (Å²) in [4.78, 5) is 4.51. The van der Waals surface area contributed by atoms with Gasteiger partial charge in [-0.05, 0) is 129 Å². The molecule has 9 rings (SSSR count). The smallest absolute Gasteiger partial charge is 0.101 e. The maximum absolute atomic E-state index is 3.51. The average Bonchev–Trinajstić information content (AvgIpc) is 3.90. The molecule has 0 unspecified atom stereocenters. The Morgan fingerprint density at radius 2 is 0.930 bits per heavy atom. The SMILES string of the molecule is CC1=CC=CCC1.CC1=CCC=CCC1.c1c(N(c2ccccc2)c2cc(-c3ccccc3)cs2)ccc(N(c2ccccc2)c2cc(-c3ccccc3)cs2)c#1. The molecule has 57 heavy (non-hydrogen) atoms. The molecule has 0 fully saturated rings. The molecule has 282 valence electrons. The largest absolute Gasteiger partial charge is 0.294 e. The van der Waals surface area contributed by atoms with Crippen LogP contribution in [0.15, 0.2) is 204 Å². The summed E-state index contributed by atoms with van der Waals surface area (Å²) < 4.78 is 0. The van der Waals surface area contributed by atoms with E-state index in [1.165, 1.54) is 59.1 Å². The summed E-state index contributed by atoms with van der Waals surface area (Å²) in [6.07, 6.45) is 19.4. The van der Waals surface area contributed by atoms with Gasteiger partial charge in [-0.2, -0.15) is 0 Å². The minimum atomic E-state index is 0.940. The Morgan fingerprint density at radius 1 is 0.474 bits per heavy atom. The van der Waals surface area contributed by atoms with Gasteiger partial charge in [0.25, 0.3) is 0 Å². The quantitative estimate of drug-likeness (QED) is 0.142. The second kappa shape index (κ2) is 20.2. The van der Waals surface area contributed by atoms with Crippen LogP contribution < -0.4 is 9.80 Å². The van der Waals surface area contributed by atoms with Crippen molar-refractivity contribution in [1.82, 2.24) is 0 Å². The molecule has 0 bridgehead atoms. The molecule has 7 aromatic rings.